The average Bonchev–Trinajstić information content (AvgIpc) is 2.86. The SMILES string of the molecule is CC(C)=NNC(=O)C(CC(C)C)NC(=O)C(Cc1ccccc1)NC(=O)c1ccc2ccccc2c1. The maximum atomic E-state index is 13.4. The number of rotatable bonds is 10. The summed E-state index contributed by atoms with van der Waals surface area (Å²) in [4.78, 5) is 39.3. The lowest BCUT2D eigenvalue weighted by Gasteiger charge is -2.24. The molecule has 36 heavy (non-hydrogen) atoms. The first-order valence-electron chi connectivity index (χ1n) is 12.2. The summed E-state index contributed by atoms with van der Waals surface area (Å²) >= 11 is 0. The van der Waals surface area contributed by atoms with Gasteiger partial charge < -0.3 is 10.6 Å². The zero-order valence-electron chi connectivity index (χ0n) is 21.2. The van der Waals surface area contributed by atoms with Crippen molar-refractivity contribution in [1.82, 2.24) is 16.1 Å². The Bertz CT molecular complexity index is 1230. The standard InChI is InChI=1S/C29H34N4O3/c1-19(2)16-25(29(36)33-32-20(3)4)31-28(35)26(17-21-10-6-5-7-11-21)30-27(34)24-15-14-22-12-8-9-13-23(22)18-24/h5-15,18-19,25-26H,16-17H2,1-4H3,(H,30,34)(H,31,35)(H,33,36). The number of hydrazone groups is 1. The molecule has 2 atom stereocenters. The van der Waals surface area contributed by atoms with Crippen LogP contribution in [0.25, 0.3) is 10.8 Å². The highest BCUT2D eigenvalue weighted by molar-refractivity contribution is 6.01. The van der Waals surface area contributed by atoms with Crippen molar-refractivity contribution < 1.29 is 14.4 Å². The molecule has 0 bridgehead atoms. The molecule has 0 aliphatic heterocycles. The number of carbonyl (C=O) groups excluding carboxylic acids is 3. The van der Waals surface area contributed by atoms with Gasteiger partial charge in [-0.05, 0) is 54.7 Å². The molecule has 3 aromatic carbocycles. The fraction of sp³-hybridized carbons (Fsp3) is 0.310. The van der Waals surface area contributed by atoms with E-state index in [1.165, 1.54) is 0 Å². The molecule has 0 aliphatic rings. The molecule has 0 saturated carbocycles. The van der Waals surface area contributed by atoms with Crippen LogP contribution in [-0.2, 0) is 16.0 Å². The van der Waals surface area contributed by atoms with Crippen LogP contribution in [-0.4, -0.2) is 35.5 Å². The maximum absolute atomic E-state index is 13.4. The van der Waals surface area contributed by atoms with Crippen LogP contribution < -0.4 is 16.1 Å². The summed E-state index contributed by atoms with van der Waals surface area (Å²) in [6.07, 6.45) is 0.723. The summed E-state index contributed by atoms with van der Waals surface area (Å²) in [6.45, 7) is 7.50. The van der Waals surface area contributed by atoms with Crippen molar-refractivity contribution in [3.05, 3.63) is 83.9 Å². The van der Waals surface area contributed by atoms with Crippen LogP contribution in [0.2, 0.25) is 0 Å². The average molecular weight is 487 g/mol. The Hall–Kier alpha value is -4.00. The number of fused-ring (bicyclic) bond motifs is 1. The highest BCUT2D eigenvalue weighted by Gasteiger charge is 2.28. The van der Waals surface area contributed by atoms with Crippen molar-refractivity contribution in [2.75, 3.05) is 0 Å². The van der Waals surface area contributed by atoms with Gasteiger partial charge in [-0.3, -0.25) is 14.4 Å². The van der Waals surface area contributed by atoms with Crippen LogP contribution in [0.3, 0.4) is 0 Å². The number of hydrogen-bond donors (Lipinski definition) is 3. The van der Waals surface area contributed by atoms with E-state index in [1.807, 2.05) is 80.6 Å². The monoisotopic (exact) mass is 486 g/mol. The van der Waals surface area contributed by atoms with E-state index in [0.717, 1.165) is 16.3 Å². The summed E-state index contributed by atoms with van der Waals surface area (Å²) in [6, 6.07) is 21.0. The second-order valence-corrected chi connectivity index (χ2v) is 9.50. The van der Waals surface area contributed by atoms with E-state index in [2.05, 4.69) is 21.2 Å². The van der Waals surface area contributed by atoms with Crippen molar-refractivity contribution in [2.45, 2.75) is 52.6 Å². The van der Waals surface area contributed by atoms with Crippen LogP contribution in [0.4, 0.5) is 0 Å². The lowest BCUT2D eigenvalue weighted by molar-refractivity contribution is -0.130. The van der Waals surface area contributed by atoms with Gasteiger partial charge in [-0.15, -0.1) is 0 Å². The molecule has 3 amide bonds. The van der Waals surface area contributed by atoms with Crippen molar-refractivity contribution in [1.29, 1.82) is 0 Å². The smallest absolute Gasteiger partial charge is 0.262 e. The minimum Gasteiger partial charge on any atom is -0.342 e. The lowest BCUT2D eigenvalue weighted by Crippen LogP contribution is -2.54. The molecule has 3 N–H and O–H groups in total. The summed E-state index contributed by atoms with van der Waals surface area (Å²) in [5.74, 6) is -1.01. The van der Waals surface area contributed by atoms with Gasteiger partial charge in [-0.2, -0.15) is 5.10 Å². The minimum absolute atomic E-state index is 0.160. The van der Waals surface area contributed by atoms with Crippen LogP contribution >= 0.6 is 0 Å². The number of nitrogens with one attached hydrogen (secondary N) is 3. The van der Waals surface area contributed by atoms with Crippen LogP contribution in [0, 0.1) is 5.92 Å². The molecule has 3 rings (SSSR count). The summed E-state index contributed by atoms with van der Waals surface area (Å²) in [5.41, 5.74) is 4.57. The predicted octanol–water partition coefficient (Wildman–Crippen LogP) is 4.22. The summed E-state index contributed by atoms with van der Waals surface area (Å²) in [7, 11) is 0. The molecule has 0 aromatic heterocycles. The van der Waals surface area contributed by atoms with E-state index in [0.29, 0.717) is 17.7 Å². The first-order chi connectivity index (χ1) is 17.2. The molecule has 3 aromatic rings. The molecular weight excluding hydrogens is 452 g/mol. The Morgan fingerprint density at radius 1 is 0.778 bits per heavy atom. The van der Waals surface area contributed by atoms with Gasteiger partial charge in [0.15, 0.2) is 0 Å². The number of amides is 3. The van der Waals surface area contributed by atoms with Crippen molar-refractivity contribution in [3.8, 4) is 0 Å². The summed E-state index contributed by atoms with van der Waals surface area (Å²) in [5, 5.41) is 11.7. The quantitative estimate of drug-likeness (QED) is 0.295. The lowest BCUT2D eigenvalue weighted by atomic mass is 10.0. The van der Waals surface area contributed by atoms with Gasteiger partial charge in [0.05, 0.1) is 0 Å². The van der Waals surface area contributed by atoms with E-state index in [9.17, 15) is 14.4 Å². The summed E-state index contributed by atoms with van der Waals surface area (Å²) < 4.78 is 0. The molecule has 7 heteroatoms. The van der Waals surface area contributed by atoms with Gasteiger partial charge in [0.2, 0.25) is 5.91 Å². The zero-order valence-corrected chi connectivity index (χ0v) is 21.2. The highest BCUT2D eigenvalue weighted by atomic mass is 16.2. The third kappa shape index (κ3) is 7.77. The number of nitrogens with zero attached hydrogens (tertiary/aromatic N) is 1. The third-order valence-electron chi connectivity index (χ3n) is 5.65. The van der Waals surface area contributed by atoms with Crippen molar-refractivity contribution in [3.63, 3.8) is 0 Å². The van der Waals surface area contributed by atoms with Gasteiger partial charge in [0.25, 0.3) is 11.8 Å². The van der Waals surface area contributed by atoms with Crippen LogP contribution in [0.5, 0.6) is 0 Å². The van der Waals surface area contributed by atoms with Crippen molar-refractivity contribution >= 4 is 34.2 Å². The predicted molar refractivity (Wildman–Crippen MR) is 144 cm³/mol. The van der Waals surface area contributed by atoms with E-state index >= 15 is 0 Å². The fourth-order valence-electron chi connectivity index (χ4n) is 3.85. The molecule has 0 spiro atoms. The van der Waals surface area contributed by atoms with Crippen LogP contribution in [0.15, 0.2) is 77.9 Å². The van der Waals surface area contributed by atoms with E-state index in [1.54, 1.807) is 19.9 Å². The Balaban J connectivity index is 1.82. The van der Waals surface area contributed by atoms with E-state index in [4.69, 9.17) is 0 Å². The van der Waals surface area contributed by atoms with Gasteiger partial charge in [0.1, 0.15) is 12.1 Å². The normalized spacial score (nSPS) is 12.5. The number of benzene rings is 3. The zero-order chi connectivity index (χ0) is 26.1. The number of carbonyl (C=O) groups is 3. The Kier molecular flexibility index (Phi) is 9.33. The van der Waals surface area contributed by atoms with Gasteiger partial charge >= 0.3 is 0 Å². The minimum atomic E-state index is -0.870. The fourth-order valence-corrected chi connectivity index (χ4v) is 3.85. The molecule has 0 heterocycles. The van der Waals surface area contributed by atoms with E-state index < -0.39 is 23.9 Å². The molecule has 0 fully saturated rings. The molecular formula is C29H34N4O3. The molecule has 188 valence electrons. The second-order valence-electron chi connectivity index (χ2n) is 9.50. The van der Waals surface area contributed by atoms with Crippen molar-refractivity contribution in [2.24, 2.45) is 11.0 Å². The molecule has 7 nitrogen and oxygen atoms in total. The molecule has 0 aliphatic carbocycles. The van der Waals surface area contributed by atoms with Crippen LogP contribution in [0.1, 0.15) is 50.0 Å². The van der Waals surface area contributed by atoms with E-state index in [-0.39, 0.29) is 18.2 Å². The Morgan fingerprint density at radius 3 is 2.11 bits per heavy atom. The highest BCUT2D eigenvalue weighted by Crippen LogP contribution is 2.16. The molecule has 2 unspecified atom stereocenters. The molecule has 0 saturated heterocycles. The van der Waals surface area contributed by atoms with Gasteiger partial charge in [-0.1, -0.05) is 74.5 Å². The first-order valence-corrected chi connectivity index (χ1v) is 12.2. The Labute approximate surface area is 212 Å². The largest absolute Gasteiger partial charge is 0.342 e. The van der Waals surface area contributed by atoms with Gasteiger partial charge in [0, 0.05) is 17.7 Å². The Morgan fingerprint density at radius 2 is 1.44 bits per heavy atom. The molecule has 0 radical (unpaired) electrons. The topological polar surface area (TPSA) is 99.7 Å². The first kappa shape index (κ1) is 26.6. The third-order valence-corrected chi connectivity index (χ3v) is 5.65. The number of hydrogen-bond acceptors (Lipinski definition) is 4. The second kappa shape index (κ2) is 12.6. The maximum Gasteiger partial charge on any atom is 0.262 e. The van der Waals surface area contributed by atoms with Gasteiger partial charge in [-0.25, -0.2) is 5.43 Å².